The molecule has 6 heteroatoms. The van der Waals surface area contributed by atoms with Gasteiger partial charge in [-0.05, 0) is 36.8 Å². The number of aromatic nitrogens is 1. The number of nitrogens with one attached hydrogen (secondary N) is 2. The van der Waals surface area contributed by atoms with E-state index in [4.69, 9.17) is 9.94 Å². The molecule has 0 spiro atoms. The normalized spacial score (nSPS) is 12.1. The minimum atomic E-state index is -0.539. The predicted octanol–water partition coefficient (Wildman–Crippen LogP) is 2.29. The molecule has 1 heterocycles. The van der Waals surface area contributed by atoms with Crippen LogP contribution in [-0.4, -0.2) is 28.7 Å². The van der Waals surface area contributed by atoms with Gasteiger partial charge in [-0.3, -0.25) is 14.6 Å². The number of carbonyl (C=O) groups excluding carboxylic acids is 1. The van der Waals surface area contributed by atoms with E-state index >= 15 is 0 Å². The van der Waals surface area contributed by atoms with E-state index in [0.717, 1.165) is 11.3 Å². The minimum Gasteiger partial charge on any atom is -0.389 e. The maximum absolute atomic E-state index is 12.2. The molecule has 0 aliphatic rings. The summed E-state index contributed by atoms with van der Waals surface area (Å²) in [6.07, 6.45) is 6.13. The molecule has 0 saturated heterocycles. The molecule has 24 heavy (non-hydrogen) atoms. The van der Waals surface area contributed by atoms with Gasteiger partial charge in [0.2, 0.25) is 0 Å². The number of aliphatic hydroxyl groups is 1. The van der Waals surface area contributed by atoms with Crippen molar-refractivity contribution in [1.29, 1.82) is 0 Å². The first-order valence-corrected chi connectivity index (χ1v) is 7.65. The summed E-state index contributed by atoms with van der Waals surface area (Å²) in [6, 6.07) is 11.0. The number of benzene rings is 1. The molecule has 2 aromatic rings. The van der Waals surface area contributed by atoms with Crippen LogP contribution >= 0.6 is 0 Å². The van der Waals surface area contributed by atoms with Gasteiger partial charge >= 0.3 is 0 Å². The smallest absolute Gasteiger partial charge is 0.276 e. The molecule has 0 aliphatic heterocycles. The first-order valence-electron chi connectivity index (χ1n) is 7.65. The van der Waals surface area contributed by atoms with Gasteiger partial charge in [0.15, 0.2) is 0 Å². The highest BCUT2D eigenvalue weighted by Gasteiger charge is 2.10. The van der Waals surface area contributed by atoms with Crippen molar-refractivity contribution in [1.82, 2.24) is 10.5 Å². The average Bonchev–Trinajstić information content (AvgIpc) is 2.60. The zero-order valence-corrected chi connectivity index (χ0v) is 13.5. The number of carbonyl (C=O) groups is 1. The highest BCUT2D eigenvalue weighted by molar-refractivity contribution is 5.98. The molecule has 6 nitrogen and oxygen atoms in total. The van der Waals surface area contributed by atoms with E-state index in [1.165, 1.54) is 0 Å². The number of anilines is 1. The Morgan fingerprint density at radius 3 is 2.79 bits per heavy atom. The van der Waals surface area contributed by atoms with E-state index in [1.807, 2.05) is 24.3 Å². The topological polar surface area (TPSA) is 83.5 Å². The number of amides is 1. The molecule has 1 aromatic carbocycles. The van der Waals surface area contributed by atoms with E-state index < -0.39 is 6.10 Å². The zero-order chi connectivity index (χ0) is 17.2. The van der Waals surface area contributed by atoms with Crippen LogP contribution in [0, 0.1) is 0 Å². The Labute approximate surface area is 141 Å². The molecule has 3 N–H and O–H groups in total. The molecule has 1 unspecified atom stereocenters. The molecule has 0 saturated carbocycles. The first kappa shape index (κ1) is 17.7. The molecular formula is C18H21N3O3. The fraction of sp³-hybridized carbons (Fsp3) is 0.222. The summed E-state index contributed by atoms with van der Waals surface area (Å²) in [7, 11) is 0. The first-order chi connectivity index (χ1) is 11.7. The lowest BCUT2D eigenvalue weighted by atomic mass is 10.1. The largest absolute Gasteiger partial charge is 0.389 e. The molecular weight excluding hydrogens is 306 g/mol. The Hall–Kier alpha value is -2.70. The average molecular weight is 327 g/mol. The van der Waals surface area contributed by atoms with Gasteiger partial charge in [0, 0.05) is 24.6 Å². The Balaban J connectivity index is 1.91. The highest BCUT2D eigenvalue weighted by Crippen LogP contribution is 2.16. The van der Waals surface area contributed by atoms with Gasteiger partial charge in [0.25, 0.3) is 5.91 Å². The van der Waals surface area contributed by atoms with Crippen molar-refractivity contribution in [3.05, 3.63) is 72.1 Å². The number of pyridine rings is 1. The molecule has 1 atom stereocenters. The van der Waals surface area contributed by atoms with Crippen LogP contribution in [0.3, 0.4) is 0 Å². The molecule has 2 rings (SSSR count). The van der Waals surface area contributed by atoms with Gasteiger partial charge in [-0.2, -0.15) is 0 Å². The maximum atomic E-state index is 12.2. The highest BCUT2D eigenvalue weighted by atomic mass is 16.6. The van der Waals surface area contributed by atoms with Gasteiger partial charge in [-0.1, -0.05) is 24.3 Å². The molecule has 0 bridgehead atoms. The number of para-hydroxylation sites is 1. The molecule has 1 aromatic heterocycles. The van der Waals surface area contributed by atoms with E-state index in [2.05, 4.69) is 15.8 Å². The number of hydrogen-bond acceptors (Lipinski definition) is 5. The lowest BCUT2D eigenvalue weighted by molar-refractivity contribution is 0.0420. The third-order valence-electron chi connectivity index (χ3n) is 3.16. The zero-order valence-electron chi connectivity index (χ0n) is 13.5. The fourth-order valence-electron chi connectivity index (χ4n) is 2.00. The van der Waals surface area contributed by atoms with Crippen LogP contribution in [0.4, 0.5) is 5.69 Å². The minimum absolute atomic E-state index is 0.184. The second kappa shape index (κ2) is 9.44. The van der Waals surface area contributed by atoms with Crippen LogP contribution < -0.4 is 10.8 Å². The Bertz CT molecular complexity index is 672. The quantitative estimate of drug-likeness (QED) is 0.394. The summed E-state index contributed by atoms with van der Waals surface area (Å²) in [5, 5.41) is 12.3. The van der Waals surface area contributed by atoms with Crippen LogP contribution in [0.15, 0.2) is 60.9 Å². The van der Waals surface area contributed by atoms with Gasteiger partial charge < -0.3 is 10.4 Å². The van der Waals surface area contributed by atoms with E-state index in [1.54, 1.807) is 43.6 Å². The maximum Gasteiger partial charge on any atom is 0.276 e. The van der Waals surface area contributed by atoms with Gasteiger partial charge in [-0.25, -0.2) is 5.48 Å². The van der Waals surface area contributed by atoms with Gasteiger partial charge in [0.05, 0.1) is 18.3 Å². The third-order valence-corrected chi connectivity index (χ3v) is 3.16. The standard InChI is InChI=1S/C18H21N3O3/c1-14(22)5-4-12-24-21-18(23)16-6-2-3-7-17(16)20-13-15-8-10-19-11-9-15/h2-11,14,20,22H,12-13H2,1H3,(H,21,23). The monoisotopic (exact) mass is 327 g/mol. The molecule has 1 amide bonds. The van der Waals surface area contributed by atoms with Crippen molar-refractivity contribution >= 4 is 11.6 Å². The number of aliphatic hydroxyl groups excluding tert-OH is 1. The van der Waals surface area contributed by atoms with E-state index in [9.17, 15) is 4.79 Å². The summed E-state index contributed by atoms with van der Waals surface area (Å²) in [5.74, 6) is -0.335. The van der Waals surface area contributed by atoms with Crippen molar-refractivity contribution in [2.75, 3.05) is 11.9 Å². The summed E-state index contributed by atoms with van der Waals surface area (Å²) in [5.41, 5.74) is 4.67. The number of hydroxylamine groups is 1. The predicted molar refractivity (Wildman–Crippen MR) is 92.2 cm³/mol. The second-order valence-electron chi connectivity index (χ2n) is 5.17. The summed E-state index contributed by atoms with van der Waals surface area (Å²) < 4.78 is 0. The van der Waals surface area contributed by atoms with Crippen LogP contribution in [0.5, 0.6) is 0 Å². The lowest BCUT2D eigenvalue weighted by Crippen LogP contribution is -2.25. The second-order valence-corrected chi connectivity index (χ2v) is 5.17. The van der Waals surface area contributed by atoms with Crippen LogP contribution in [-0.2, 0) is 11.4 Å². The number of rotatable bonds is 8. The van der Waals surface area contributed by atoms with Crippen LogP contribution in [0.25, 0.3) is 0 Å². The van der Waals surface area contributed by atoms with Gasteiger partial charge in [0.1, 0.15) is 0 Å². The van der Waals surface area contributed by atoms with Gasteiger partial charge in [-0.15, -0.1) is 0 Å². The number of hydrogen-bond donors (Lipinski definition) is 3. The number of nitrogens with zero attached hydrogens (tertiary/aromatic N) is 1. The van der Waals surface area contributed by atoms with Crippen molar-refractivity contribution in [3.8, 4) is 0 Å². The van der Waals surface area contributed by atoms with E-state index in [0.29, 0.717) is 12.1 Å². The summed E-state index contributed by atoms with van der Waals surface area (Å²) in [6.45, 7) is 2.41. The van der Waals surface area contributed by atoms with Crippen molar-refractivity contribution in [3.63, 3.8) is 0 Å². The van der Waals surface area contributed by atoms with Crippen molar-refractivity contribution in [2.45, 2.75) is 19.6 Å². The SMILES string of the molecule is CC(O)C=CCONC(=O)c1ccccc1NCc1ccncc1. The fourth-order valence-corrected chi connectivity index (χ4v) is 2.00. The molecule has 0 radical (unpaired) electrons. The molecule has 0 aliphatic carbocycles. The molecule has 0 fully saturated rings. The molecule has 126 valence electrons. The third kappa shape index (κ3) is 5.83. The summed E-state index contributed by atoms with van der Waals surface area (Å²) >= 11 is 0. The van der Waals surface area contributed by atoms with E-state index in [-0.39, 0.29) is 12.5 Å². The Morgan fingerprint density at radius 1 is 1.29 bits per heavy atom. The summed E-state index contributed by atoms with van der Waals surface area (Å²) in [4.78, 5) is 21.3. The Morgan fingerprint density at radius 2 is 2.04 bits per heavy atom. The van der Waals surface area contributed by atoms with Crippen LogP contribution in [0.2, 0.25) is 0 Å². The lowest BCUT2D eigenvalue weighted by Gasteiger charge is -2.12. The Kier molecular flexibility index (Phi) is 6.94. The van der Waals surface area contributed by atoms with Crippen molar-refractivity contribution in [2.24, 2.45) is 0 Å². The van der Waals surface area contributed by atoms with Crippen LogP contribution in [0.1, 0.15) is 22.8 Å². The van der Waals surface area contributed by atoms with Crippen molar-refractivity contribution < 1.29 is 14.7 Å².